The van der Waals surface area contributed by atoms with Gasteiger partial charge < -0.3 is 15.1 Å². The number of anilines is 1. The van der Waals surface area contributed by atoms with E-state index >= 15 is 0 Å². The van der Waals surface area contributed by atoms with Crippen LogP contribution in [0.5, 0.6) is 0 Å². The lowest BCUT2D eigenvalue weighted by Crippen LogP contribution is -2.51. The van der Waals surface area contributed by atoms with E-state index in [2.05, 4.69) is 36.2 Å². The Morgan fingerprint density at radius 1 is 1.06 bits per heavy atom. The van der Waals surface area contributed by atoms with Crippen LogP contribution in [-0.4, -0.2) is 69.0 Å². The maximum atomic E-state index is 12.5. The van der Waals surface area contributed by atoms with Gasteiger partial charge in [-0.2, -0.15) is 0 Å². The molecule has 1 fully saturated rings. The smallest absolute Gasteiger partial charge is 0.328 e. The topological polar surface area (TPSA) is 133 Å². The number of aromatic nitrogens is 4. The van der Waals surface area contributed by atoms with Crippen LogP contribution in [0.1, 0.15) is 30.5 Å². The first-order chi connectivity index (χ1) is 15.9. The molecular weight excluding hydrogens is 494 g/mol. The molecule has 0 radical (unpaired) electrons. The number of piperazine rings is 1. The number of carbonyl (C=O) groups is 2. The maximum Gasteiger partial charge on any atom is 0.328 e. The molecule has 11 nitrogen and oxygen atoms in total. The van der Waals surface area contributed by atoms with Crippen LogP contribution >= 0.6 is 15.9 Å². The van der Waals surface area contributed by atoms with Crippen LogP contribution in [0.25, 0.3) is 0 Å². The number of carbonyl (C=O) groups excluding carboxylic acids is 2. The number of H-pyrrole nitrogens is 1. The summed E-state index contributed by atoms with van der Waals surface area (Å²) in [4.78, 5) is 63.7. The number of nitrogens with zero attached hydrogens (tertiary/aromatic N) is 5. The highest BCUT2D eigenvalue weighted by molar-refractivity contribution is 9.10. The fraction of sp³-hybridized carbons (Fsp3) is 0.524. The van der Waals surface area contributed by atoms with Crippen LogP contribution in [-0.2, 0) is 29.0 Å². The molecule has 0 bridgehead atoms. The third-order valence-electron chi connectivity index (χ3n) is 6.03. The Hall–Kier alpha value is -3.02. The highest BCUT2D eigenvalue weighted by Crippen LogP contribution is 2.17. The summed E-state index contributed by atoms with van der Waals surface area (Å²) in [6.07, 6.45) is 6.57. The normalized spacial score (nSPS) is 15.8. The van der Waals surface area contributed by atoms with Crippen LogP contribution < -0.4 is 21.5 Å². The second-order valence-corrected chi connectivity index (χ2v) is 9.05. The van der Waals surface area contributed by atoms with Gasteiger partial charge in [-0.05, 0) is 41.6 Å². The lowest BCUT2D eigenvalue weighted by molar-refractivity contribution is -0.133. The zero-order chi connectivity index (χ0) is 23.4. The van der Waals surface area contributed by atoms with Gasteiger partial charge in [0.25, 0.3) is 5.56 Å². The van der Waals surface area contributed by atoms with Crippen LogP contribution in [0.15, 0.2) is 26.5 Å². The Morgan fingerprint density at radius 3 is 2.48 bits per heavy atom. The third-order valence-corrected chi connectivity index (χ3v) is 6.43. The average molecular weight is 520 g/mol. The van der Waals surface area contributed by atoms with E-state index in [-0.39, 0.29) is 36.9 Å². The molecular formula is C21H26BrN7O4. The van der Waals surface area contributed by atoms with Crippen molar-refractivity contribution in [3.8, 4) is 0 Å². The standard InChI is InChI=1S/C21H26BrN7O4/c22-14-11-24-20(25-12-14)28-9-7-27(8-10-28)18(31)13-23-17(30)5-6-29-16-4-2-1-3-15(16)19(32)26-21(29)33/h11-12H,1-10,13H2,(H,23,30)(H,26,32,33). The van der Waals surface area contributed by atoms with E-state index in [1.807, 2.05) is 4.90 Å². The lowest BCUT2D eigenvalue weighted by atomic mass is 9.97. The molecule has 2 amide bonds. The lowest BCUT2D eigenvalue weighted by Gasteiger charge is -2.34. The Labute approximate surface area is 198 Å². The van der Waals surface area contributed by atoms with E-state index in [0.29, 0.717) is 50.5 Å². The van der Waals surface area contributed by atoms with Gasteiger partial charge in [-0.1, -0.05) is 0 Å². The van der Waals surface area contributed by atoms with Crippen LogP contribution in [0.4, 0.5) is 5.95 Å². The number of halogens is 1. The summed E-state index contributed by atoms with van der Waals surface area (Å²) in [6.45, 7) is 2.35. The van der Waals surface area contributed by atoms with Crippen molar-refractivity contribution in [2.24, 2.45) is 0 Å². The Kier molecular flexibility index (Phi) is 7.21. The molecule has 12 heteroatoms. The summed E-state index contributed by atoms with van der Waals surface area (Å²) >= 11 is 3.31. The Balaban J connectivity index is 1.24. The van der Waals surface area contributed by atoms with Crippen molar-refractivity contribution in [3.63, 3.8) is 0 Å². The zero-order valence-corrected chi connectivity index (χ0v) is 19.8. The van der Waals surface area contributed by atoms with Gasteiger partial charge in [-0.3, -0.25) is 23.9 Å². The van der Waals surface area contributed by atoms with E-state index in [9.17, 15) is 19.2 Å². The molecule has 0 atom stereocenters. The highest BCUT2D eigenvalue weighted by Gasteiger charge is 2.23. The minimum atomic E-state index is -0.489. The molecule has 1 saturated heterocycles. The molecule has 0 aromatic carbocycles. The maximum absolute atomic E-state index is 12.5. The minimum absolute atomic E-state index is 0.0559. The largest absolute Gasteiger partial charge is 0.347 e. The van der Waals surface area contributed by atoms with Gasteiger partial charge in [0.1, 0.15) is 0 Å². The molecule has 0 saturated carbocycles. The molecule has 176 valence electrons. The molecule has 2 aliphatic rings. The van der Waals surface area contributed by atoms with Crippen molar-refractivity contribution in [1.82, 2.24) is 29.7 Å². The molecule has 1 aliphatic heterocycles. The number of rotatable bonds is 6. The zero-order valence-electron chi connectivity index (χ0n) is 18.2. The van der Waals surface area contributed by atoms with Crippen LogP contribution in [0.2, 0.25) is 0 Å². The summed E-state index contributed by atoms with van der Waals surface area (Å²) in [6, 6.07) is 0. The quantitative estimate of drug-likeness (QED) is 0.540. The summed E-state index contributed by atoms with van der Waals surface area (Å²) in [5, 5.41) is 2.65. The summed E-state index contributed by atoms with van der Waals surface area (Å²) in [5.74, 6) is 0.157. The van der Waals surface area contributed by atoms with E-state index in [0.717, 1.165) is 23.0 Å². The predicted octanol–water partition coefficient (Wildman–Crippen LogP) is -0.177. The Bertz CT molecular complexity index is 1140. The molecule has 1 aliphatic carbocycles. The van der Waals surface area contributed by atoms with Crippen molar-refractivity contribution in [2.45, 2.75) is 38.6 Å². The van der Waals surface area contributed by atoms with E-state index < -0.39 is 5.69 Å². The van der Waals surface area contributed by atoms with Crippen LogP contribution in [0.3, 0.4) is 0 Å². The number of amides is 2. The second-order valence-electron chi connectivity index (χ2n) is 8.14. The van der Waals surface area contributed by atoms with Gasteiger partial charge >= 0.3 is 5.69 Å². The van der Waals surface area contributed by atoms with Gasteiger partial charge in [0.15, 0.2) is 0 Å². The molecule has 2 N–H and O–H groups in total. The van der Waals surface area contributed by atoms with Gasteiger partial charge in [0, 0.05) is 62.8 Å². The monoisotopic (exact) mass is 519 g/mol. The van der Waals surface area contributed by atoms with Crippen molar-refractivity contribution in [1.29, 1.82) is 0 Å². The van der Waals surface area contributed by atoms with E-state index in [1.54, 1.807) is 17.3 Å². The number of hydrogen-bond acceptors (Lipinski definition) is 7. The van der Waals surface area contributed by atoms with Gasteiger partial charge in [-0.25, -0.2) is 14.8 Å². The fourth-order valence-corrected chi connectivity index (χ4v) is 4.45. The molecule has 0 spiro atoms. The summed E-state index contributed by atoms with van der Waals surface area (Å²) in [5.41, 5.74) is 0.556. The van der Waals surface area contributed by atoms with Gasteiger partial charge in [0.2, 0.25) is 17.8 Å². The molecule has 4 rings (SSSR count). The van der Waals surface area contributed by atoms with Crippen molar-refractivity contribution >= 4 is 33.7 Å². The number of nitrogens with one attached hydrogen (secondary N) is 2. The van der Waals surface area contributed by atoms with Crippen molar-refractivity contribution < 1.29 is 9.59 Å². The first kappa shape index (κ1) is 23.1. The third kappa shape index (κ3) is 5.49. The predicted molar refractivity (Wildman–Crippen MR) is 124 cm³/mol. The molecule has 2 aromatic rings. The number of hydrogen-bond donors (Lipinski definition) is 2. The molecule has 33 heavy (non-hydrogen) atoms. The fourth-order valence-electron chi connectivity index (χ4n) is 4.24. The van der Waals surface area contributed by atoms with Crippen molar-refractivity contribution in [2.75, 3.05) is 37.6 Å². The van der Waals surface area contributed by atoms with E-state index in [1.165, 1.54) is 4.57 Å². The van der Waals surface area contributed by atoms with Gasteiger partial charge in [0.05, 0.1) is 11.0 Å². The highest BCUT2D eigenvalue weighted by atomic mass is 79.9. The van der Waals surface area contributed by atoms with Gasteiger partial charge in [-0.15, -0.1) is 0 Å². The molecule has 2 aromatic heterocycles. The summed E-state index contributed by atoms with van der Waals surface area (Å²) in [7, 11) is 0. The minimum Gasteiger partial charge on any atom is -0.347 e. The van der Waals surface area contributed by atoms with Crippen LogP contribution in [0, 0.1) is 0 Å². The first-order valence-corrected chi connectivity index (χ1v) is 11.8. The van der Waals surface area contributed by atoms with Crippen molar-refractivity contribution in [3.05, 3.63) is 49.0 Å². The molecule has 0 unspecified atom stereocenters. The first-order valence-electron chi connectivity index (χ1n) is 11.0. The number of aromatic amines is 1. The average Bonchev–Trinajstić information content (AvgIpc) is 2.83. The SMILES string of the molecule is O=C(CCn1c2c(c(=O)[nH]c1=O)CCCC2)NCC(=O)N1CCN(c2ncc(Br)cn2)CC1. The Morgan fingerprint density at radius 2 is 1.76 bits per heavy atom. The van der Waals surface area contributed by atoms with E-state index in [4.69, 9.17) is 0 Å². The summed E-state index contributed by atoms with van der Waals surface area (Å²) < 4.78 is 2.29. The second kappa shape index (κ2) is 10.3. The molecule has 3 heterocycles. The number of fused-ring (bicyclic) bond motifs is 1.